The average Bonchev–Trinajstić information content (AvgIpc) is 2.74. The molecule has 0 saturated carbocycles. The predicted octanol–water partition coefficient (Wildman–Crippen LogP) is -0.233. The minimum absolute atomic E-state index is 0.0883. The van der Waals surface area contributed by atoms with E-state index in [1.165, 1.54) is 0 Å². The first kappa shape index (κ1) is 8.04. The van der Waals surface area contributed by atoms with Crippen LogP contribution >= 0.6 is 0 Å². The van der Waals surface area contributed by atoms with E-state index in [0.29, 0.717) is 0 Å². The van der Waals surface area contributed by atoms with Crippen molar-refractivity contribution in [3.05, 3.63) is 17.1 Å². The van der Waals surface area contributed by atoms with Gasteiger partial charge in [0.1, 0.15) is 11.7 Å². The molecule has 4 nitrogen and oxygen atoms in total. The lowest BCUT2D eigenvalue weighted by Gasteiger charge is -2.25. The van der Waals surface area contributed by atoms with E-state index in [2.05, 4.69) is 5.32 Å². The standard InChI is InChI=1S/C8H12NO3/c1-4(10)8(11)3-5(9-2)6-7(8)12-6/h3-4,6-7,10-11H,1-2H3/q-1/t4-,6-,7-,8-/m0/s1. The number of hydrogen-bond acceptors (Lipinski definition) is 3. The summed E-state index contributed by atoms with van der Waals surface area (Å²) in [6, 6.07) is 0. The third kappa shape index (κ3) is 0.827. The van der Waals surface area contributed by atoms with E-state index < -0.39 is 11.7 Å². The molecular weight excluding hydrogens is 158 g/mol. The van der Waals surface area contributed by atoms with Crippen LogP contribution in [0.2, 0.25) is 0 Å². The van der Waals surface area contributed by atoms with Gasteiger partial charge in [-0.2, -0.15) is 0 Å². The van der Waals surface area contributed by atoms with Gasteiger partial charge >= 0.3 is 0 Å². The fourth-order valence-corrected chi connectivity index (χ4v) is 1.64. The highest BCUT2D eigenvalue weighted by Gasteiger charge is 2.59. The van der Waals surface area contributed by atoms with Gasteiger partial charge in [0.15, 0.2) is 0 Å². The number of ether oxygens (including phenoxy) is 1. The van der Waals surface area contributed by atoms with Crippen LogP contribution in [0.4, 0.5) is 0 Å². The molecule has 68 valence electrons. The van der Waals surface area contributed by atoms with Crippen molar-refractivity contribution >= 4 is 0 Å². The lowest BCUT2D eigenvalue weighted by Crippen LogP contribution is -2.42. The van der Waals surface area contributed by atoms with Gasteiger partial charge in [-0.3, -0.25) is 0 Å². The molecule has 1 aliphatic carbocycles. The highest BCUT2D eigenvalue weighted by molar-refractivity contribution is 5.41. The van der Waals surface area contributed by atoms with Crippen LogP contribution < -0.4 is 0 Å². The molecule has 2 aliphatic rings. The summed E-state index contributed by atoms with van der Waals surface area (Å²) >= 11 is 0. The summed E-state index contributed by atoms with van der Waals surface area (Å²) in [4.78, 5) is 0. The third-order valence-electron chi connectivity index (χ3n) is 2.55. The number of likely N-dealkylation sites (N-methyl/N-ethyl adjacent to an activating group) is 1. The van der Waals surface area contributed by atoms with Crippen molar-refractivity contribution in [3.8, 4) is 0 Å². The summed E-state index contributed by atoms with van der Waals surface area (Å²) in [5.74, 6) is 0. The smallest absolute Gasteiger partial charge is 0.136 e. The molecule has 0 bridgehead atoms. The molecule has 0 radical (unpaired) electrons. The lowest BCUT2D eigenvalue weighted by atomic mass is 9.97. The highest BCUT2D eigenvalue weighted by Crippen LogP contribution is 2.47. The Bertz CT molecular complexity index is 238. The number of fused-ring (bicyclic) bond motifs is 1. The maximum Gasteiger partial charge on any atom is 0.136 e. The van der Waals surface area contributed by atoms with Crippen LogP contribution in [0.3, 0.4) is 0 Å². The average molecular weight is 170 g/mol. The van der Waals surface area contributed by atoms with Gasteiger partial charge in [-0.15, -0.1) is 12.7 Å². The minimum Gasteiger partial charge on any atom is -0.688 e. The summed E-state index contributed by atoms with van der Waals surface area (Å²) in [6.07, 6.45) is 0.411. The molecule has 0 unspecified atom stereocenters. The molecule has 4 atom stereocenters. The van der Waals surface area contributed by atoms with Crippen molar-refractivity contribution in [2.75, 3.05) is 7.05 Å². The summed E-state index contributed by atoms with van der Waals surface area (Å²) in [5, 5.41) is 23.1. The van der Waals surface area contributed by atoms with Gasteiger partial charge in [0.05, 0.1) is 12.2 Å². The van der Waals surface area contributed by atoms with Crippen molar-refractivity contribution in [1.29, 1.82) is 0 Å². The first-order valence-corrected chi connectivity index (χ1v) is 3.98. The van der Waals surface area contributed by atoms with Crippen molar-refractivity contribution in [2.24, 2.45) is 0 Å². The van der Waals surface area contributed by atoms with E-state index >= 15 is 0 Å². The van der Waals surface area contributed by atoms with Gasteiger partial charge in [0.25, 0.3) is 0 Å². The zero-order chi connectivity index (χ0) is 8.93. The molecule has 2 N–H and O–H groups in total. The fourth-order valence-electron chi connectivity index (χ4n) is 1.64. The van der Waals surface area contributed by atoms with Gasteiger partial charge < -0.3 is 20.3 Å². The van der Waals surface area contributed by atoms with E-state index in [9.17, 15) is 10.2 Å². The molecule has 1 saturated heterocycles. The zero-order valence-electron chi connectivity index (χ0n) is 7.06. The van der Waals surface area contributed by atoms with Crippen LogP contribution in [0.5, 0.6) is 0 Å². The molecule has 2 rings (SSSR count). The number of hydrogen-bond donors (Lipinski definition) is 2. The first-order chi connectivity index (χ1) is 5.59. The van der Waals surface area contributed by atoms with Crippen LogP contribution in [0.1, 0.15) is 6.92 Å². The largest absolute Gasteiger partial charge is 0.688 e. The van der Waals surface area contributed by atoms with Crippen LogP contribution in [0.15, 0.2) is 11.8 Å². The minimum atomic E-state index is -1.22. The monoisotopic (exact) mass is 170 g/mol. The van der Waals surface area contributed by atoms with Crippen LogP contribution in [0.25, 0.3) is 5.32 Å². The maximum absolute atomic E-state index is 9.87. The van der Waals surface area contributed by atoms with Crippen LogP contribution in [-0.2, 0) is 4.74 Å². The SMILES string of the molecule is C[N-]C1=C[C@](O)([C@H](C)O)[C@H]2O[C@@H]12. The number of nitrogens with zero attached hydrogens (tertiary/aromatic N) is 1. The molecule has 12 heavy (non-hydrogen) atoms. The normalized spacial score (nSPS) is 46.5. The predicted molar refractivity (Wildman–Crippen MR) is 42.7 cm³/mol. The van der Waals surface area contributed by atoms with E-state index in [1.54, 1.807) is 20.0 Å². The number of aliphatic hydroxyl groups excluding tert-OH is 1. The molecule has 4 heteroatoms. The van der Waals surface area contributed by atoms with Crippen molar-refractivity contribution in [3.63, 3.8) is 0 Å². The highest BCUT2D eigenvalue weighted by atomic mass is 16.6. The Morgan fingerprint density at radius 2 is 2.42 bits per heavy atom. The molecule has 1 aliphatic heterocycles. The summed E-state index contributed by atoms with van der Waals surface area (Å²) in [6.45, 7) is 1.55. The second-order valence-corrected chi connectivity index (χ2v) is 3.33. The Morgan fingerprint density at radius 3 is 2.75 bits per heavy atom. The fraction of sp³-hybridized carbons (Fsp3) is 0.750. The van der Waals surface area contributed by atoms with E-state index in [4.69, 9.17) is 4.74 Å². The number of rotatable bonds is 2. The quantitative estimate of drug-likeness (QED) is 0.562. The molecule has 0 spiro atoms. The van der Waals surface area contributed by atoms with E-state index in [-0.39, 0.29) is 12.2 Å². The summed E-state index contributed by atoms with van der Waals surface area (Å²) < 4.78 is 5.16. The Balaban J connectivity index is 2.25. The topological polar surface area (TPSA) is 67.1 Å². The number of epoxide rings is 1. The summed E-state index contributed by atoms with van der Waals surface area (Å²) in [7, 11) is 1.65. The van der Waals surface area contributed by atoms with Gasteiger partial charge in [-0.05, 0) is 6.92 Å². The van der Waals surface area contributed by atoms with E-state index in [1.807, 2.05) is 0 Å². The van der Waals surface area contributed by atoms with Crippen molar-refractivity contribution in [1.82, 2.24) is 0 Å². The third-order valence-corrected chi connectivity index (χ3v) is 2.55. The van der Waals surface area contributed by atoms with Gasteiger partial charge in [-0.25, -0.2) is 0 Å². The first-order valence-electron chi connectivity index (χ1n) is 3.98. The second kappa shape index (κ2) is 2.22. The Hall–Kier alpha value is -0.580. The summed E-state index contributed by atoms with van der Waals surface area (Å²) in [5.41, 5.74) is -0.483. The molecule has 0 aromatic carbocycles. The second-order valence-electron chi connectivity index (χ2n) is 3.33. The molecular formula is C8H12NO3-. The van der Waals surface area contributed by atoms with Gasteiger partial charge in [-0.1, -0.05) is 6.08 Å². The Labute approximate surface area is 70.8 Å². The molecule has 1 fully saturated rings. The zero-order valence-corrected chi connectivity index (χ0v) is 7.06. The Kier molecular flexibility index (Phi) is 1.49. The van der Waals surface area contributed by atoms with E-state index in [0.717, 1.165) is 5.70 Å². The van der Waals surface area contributed by atoms with Crippen molar-refractivity contribution < 1.29 is 14.9 Å². The maximum atomic E-state index is 9.87. The number of aliphatic hydroxyl groups is 2. The molecule has 0 amide bonds. The molecule has 0 aromatic rings. The van der Waals surface area contributed by atoms with Crippen molar-refractivity contribution in [2.45, 2.75) is 30.8 Å². The van der Waals surface area contributed by atoms with Crippen LogP contribution in [0, 0.1) is 0 Å². The molecule has 0 aromatic heterocycles. The molecule has 1 heterocycles. The Morgan fingerprint density at radius 1 is 1.75 bits per heavy atom. The van der Waals surface area contributed by atoms with Gasteiger partial charge in [0.2, 0.25) is 0 Å². The van der Waals surface area contributed by atoms with Gasteiger partial charge in [0, 0.05) is 0 Å². The lowest BCUT2D eigenvalue weighted by molar-refractivity contribution is -0.0462. The van der Waals surface area contributed by atoms with Crippen LogP contribution in [-0.4, -0.2) is 41.2 Å².